The first kappa shape index (κ1) is 12.0. The van der Waals surface area contributed by atoms with Crippen molar-refractivity contribution in [3.63, 3.8) is 0 Å². The van der Waals surface area contributed by atoms with Crippen LogP contribution in [-0.4, -0.2) is 11.9 Å². The molecular weight excluding hydrogens is 212 g/mol. The molecule has 3 N–H and O–H groups in total. The summed E-state index contributed by atoms with van der Waals surface area (Å²) in [5, 5.41) is 7.33. The minimum absolute atomic E-state index is 0.0996. The number of hydrogen-bond acceptors (Lipinski definition) is 2. The molecule has 2 unspecified atom stereocenters. The van der Waals surface area contributed by atoms with Gasteiger partial charge in [-0.1, -0.05) is 13.3 Å². The molecule has 0 bridgehead atoms. The van der Waals surface area contributed by atoms with E-state index in [2.05, 4.69) is 6.92 Å². The highest BCUT2D eigenvalue weighted by molar-refractivity contribution is 5.94. The van der Waals surface area contributed by atoms with Crippen LogP contribution in [0.2, 0.25) is 0 Å². The average Bonchev–Trinajstić information content (AvgIpc) is 2.33. The molecule has 0 radical (unpaired) electrons. The smallest absolute Gasteiger partial charge is 0.122 e. The third-order valence-electron chi connectivity index (χ3n) is 3.49. The topological polar surface area (TPSA) is 59.1 Å². The average molecular weight is 232 g/mol. The lowest BCUT2D eigenvalue weighted by Crippen LogP contribution is -2.28. The molecule has 0 heterocycles. The maximum absolute atomic E-state index is 7.33. The zero-order valence-corrected chi connectivity index (χ0v) is 10.3. The lowest BCUT2D eigenvalue weighted by Gasteiger charge is -2.29. The highest BCUT2D eigenvalue weighted by Crippen LogP contribution is 2.28. The SMILES string of the molecule is CC1CCCCC1Oc1ccc(C(=N)N)cc1. The summed E-state index contributed by atoms with van der Waals surface area (Å²) >= 11 is 0. The van der Waals surface area contributed by atoms with E-state index in [1.54, 1.807) is 0 Å². The van der Waals surface area contributed by atoms with E-state index in [0.717, 1.165) is 17.7 Å². The lowest BCUT2D eigenvalue weighted by molar-refractivity contribution is 0.102. The second-order valence-corrected chi connectivity index (χ2v) is 4.86. The Labute approximate surface area is 102 Å². The number of benzene rings is 1. The molecule has 2 atom stereocenters. The third-order valence-corrected chi connectivity index (χ3v) is 3.49. The van der Waals surface area contributed by atoms with Gasteiger partial charge in [0.25, 0.3) is 0 Å². The number of amidine groups is 1. The Kier molecular flexibility index (Phi) is 3.67. The van der Waals surface area contributed by atoms with Gasteiger partial charge in [-0.15, -0.1) is 0 Å². The van der Waals surface area contributed by atoms with Crippen LogP contribution in [0.4, 0.5) is 0 Å². The van der Waals surface area contributed by atoms with Crippen molar-refractivity contribution < 1.29 is 4.74 Å². The van der Waals surface area contributed by atoms with Crippen molar-refractivity contribution >= 4 is 5.84 Å². The van der Waals surface area contributed by atoms with Gasteiger partial charge in [0.15, 0.2) is 0 Å². The van der Waals surface area contributed by atoms with E-state index in [4.69, 9.17) is 15.9 Å². The standard InChI is InChI=1S/C14H20N2O/c1-10-4-2-3-5-13(10)17-12-8-6-11(7-9-12)14(15)16/h6-10,13H,2-5H2,1H3,(H3,15,16). The molecule has 1 aliphatic carbocycles. The van der Waals surface area contributed by atoms with Gasteiger partial charge < -0.3 is 10.5 Å². The van der Waals surface area contributed by atoms with Gasteiger partial charge in [-0.25, -0.2) is 0 Å². The Bertz CT molecular complexity index is 386. The largest absolute Gasteiger partial charge is 0.490 e. The number of rotatable bonds is 3. The summed E-state index contributed by atoms with van der Waals surface area (Å²) in [5.41, 5.74) is 6.16. The predicted molar refractivity (Wildman–Crippen MR) is 69.5 cm³/mol. The molecule has 1 aromatic carbocycles. The van der Waals surface area contributed by atoms with Crippen molar-refractivity contribution in [2.24, 2.45) is 11.7 Å². The Hall–Kier alpha value is -1.51. The summed E-state index contributed by atoms with van der Waals surface area (Å²) in [6, 6.07) is 7.48. The molecule has 1 saturated carbocycles. The fourth-order valence-corrected chi connectivity index (χ4v) is 2.35. The number of nitrogens with two attached hydrogens (primary N) is 1. The second kappa shape index (κ2) is 5.21. The molecule has 0 aromatic heterocycles. The van der Waals surface area contributed by atoms with Gasteiger partial charge in [-0.05, 0) is 49.4 Å². The Morgan fingerprint density at radius 1 is 1.24 bits per heavy atom. The molecule has 3 heteroatoms. The van der Waals surface area contributed by atoms with E-state index in [-0.39, 0.29) is 5.84 Å². The molecule has 17 heavy (non-hydrogen) atoms. The van der Waals surface area contributed by atoms with Crippen molar-refractivity contribution in [2.45, 2.75) is 38.7 Å². The van der Waals surface area contributed by atoms with Crippen LogP contribution in [0.5, 0.6) is 5.75 Å². The first-order valence-electron chi connectivity index (χ1n) is 6.28. The summed E-state index contributed by atoms with van der Waals surface area (Å²) in [6.45, 7) is 2.26. The minimum atomic E-state index is 0.0996. The van der Waals surface area contributed by atoms with Gasteiger partial charge in [0.1, 0.15) is 17.7 Å². The molecular formula is C14H20N2O. The molecule has 3 nitrogen and oxygen atoms in total. The summed E-state index contributed by atoms with van der Waals surface area (Å²) in [4.78, 5) is 0. The Balaban J connectivity index is 2.00. The van der Waals surface area contributed by atoms with Crippen molar-refractivity contribution in [3.8, 4) is 5.75 Å². The van der Waals surface area contributed by atoms with Gasteiger partial charge in [0.2, 0.25) is 0 Å². The van der Waals surface area contributed by atoms with E-state index >= 15 is 0 Å². The van der Waals surface area contributed by atoms with Crippen molar-refractivity contribution in [3.05, 3.63) is 29.8 Å². The maximum atomic E-state index is 7.33. The van der Waals surface area contributed by atoms with Crippen molar-refractivity contribution in [1.82, 2.24) is 0 Å². The van der Waals surface area contributed by atoms with Gasteiger partial charge >= 0.3 is 0 Å². The van der Waals surface area contributed by atoms with Gasteiger partial charge in [0.05, 0.1) is 0 Å². The normalized spacial score (nSPS) is 24.3. The summed E-state index contributed by atoms with van der Waals surface area (Å²) in [6.07, 6.45) is 5.34. The quantitative estimate of drug-likeness (QED) is 0.622. The van der Waals surface area contributed by atoms with Crippen LogP contribution in [0.1, 0.15) is 38.2 Å². The summed E-state index contributed by atoms with van der Waals surface area (Å²) in [7, 11) is 0. The Morgan fingerprint density at radius 2 is 1.88 bits per heavy atom. The monoisotopic (exact) mass is 232 g/mol. The van der Waals surface area contributed by atoms with Crippen LogP contribution >= 0.6 is 0 Å². The molecule has 1 aliphatic rings. The van der Waals surface area contributed by atoms with E-state index in [1.807, 2.05) is 24.3 Å². The lowest BCUT2D eigenvalue weighted by atomic mass is 9.88. The molecule has 1 aromatic rings. The molecule has 0 saturated heterocycles. The highest BCUT2D eigenvalue weighted by atomic mass is 16.5. The molecule has 1 fully saturated rings. The van der Waals surface area contributed by atoms with E-state index in [1.165, 1.54) is 19.3 Å². The molecule has 0 aliphatic heterocycles. The molecule has 0 amide bonds. The first-order valence-corrected chi connectivity index (χ1v) is 6.28. The molecule has 0 spiro atoms. The third kappa shape index (κ3) is 2.99. The second-order valence-electron chi connectivity index (χ2n) is 4.86. The minimum Gasteiger partial charge on any atom is -0.490 e. The van der Waals surface area contributed by atoms with Crippen LogP contribution in [0.3, 0.4) is 0 Å². The van der Waals surface area contributed by atoms with E-state index in [0.29, 0.717) is 12.0 Å². The number of nitrogen functional groups attached to an aromatic ring is 1. The van der Waals surface area contributed by atoms with E-state index < -0.39 is 0 Å². The zero-order valence-electron chi connectivity index (χ0n) is 10.3. The summed E-state index contributed by atoms with van der Waals surface area (Å²) < 4.78 is 5.99. The zero-order chi connectivity index (χ0) is 12.3. The van der Waals surface area contributed by atoms with Crippen LogP contribution in [0, 0.1) is 11.3 Å². The van der Waals surface area contributed by atoms with E-state index in [9.17, 15) is 0 Å². The van der Waals surface area contributed by atoms with Crippen LogP contribution < -0.4 is 10.5 Å². The number of ether oxygens (including phenoxy) is 1. The van der Waals surface area contributed by atoms with Gasteiger partial charge in [0, 0.05) is 5.56 Å². The molecule has 2 rings (SSSR count). The first-order chi connectivity index (χ1) is 8.16. The van der Waals surface area contributed by atoms with Gasteiger partial charge in [-0.3, -0.25) is 5.41 Å². The fraction of sp³-hybridized carbons (Fsp3) is 0.500. The Morgan fingerprint density at radius 3 is 2.47 bits per heavy atom. The number of nitrogens with one attached hydrogen (secondary N) is 1. The van der Waals surface area contributed by atoms with Crippen LogP contribution in [0.15, 0.2) is 24.3 Å². The maximum Gasteiger partial charge on any atom is 0.122 e. The highest BCUT2D eigenvalue weighted by Gasteiger charge is 2.22. The van der Waals surface area contributed by atoms with Crippen molar-refractivity contribution in [2.75, 3.05) is 0 Å². The predicted octanol–water partition coefficient (Wildman–Crippen LogP) is 2.93. The summed E-state index contributed by atoms with van der Waals surface area (Å²) in [5.74, 6) is 1.62. The van der Waals surface area contributed by atoms with Gasteiger partial charge in [-0.2, -0.15) is 0 Å². The van der Waals surface area contributed by atoms with Crippen LogP contribution in [-0.2, 0) is 0 Å². The number of hydrogen-bond donors (Lipinski definition) is 2. The fourth-order valence-electron chi connectivity index (χ4n) is 2.35. The van der Waals surface area contributed by atoms with Crippen molar-refractivity contribution in [1.29, 1.82) is 5.41 Å². The van der Waals surface area contributed by atoms with Crippen LogP contribution in [0.25, 0.3) is 0 Å². The molecule has 92 valence electrons.